The number of nitrogens with one attached hydrogen (secondary N) is 1. The van der Waals surface area contributed by atoms with Crippen LogP contribution in [-0.2, 0) is 14.4 Å². The number of alkyl halides is 2. The molecule has 1 fully saturated rings. The minimum Gasteiger partial charge on any atom is -0.477 e. The third kappa shape index (κ3) is 2.42. The number of nitrogens with zero attached hydrogens (tertiary/aromatic N) is 1. The summed E-state index contributed by atoms with van der Waals surface area (Å²) < 4.78 is 0. The molecule has 2 aliphatic heterocycles. The predicted molar refractivity (Wildman–Crippen MR) is 71.1 cm³/mol. The van der Waals surface area contributed by atoms with Crippen molar-refractivity contribution in [1.29, 1.82) is 0 Å². The molecule has 2 N–H and O–H groups in total. The van der Waals surface area contributed by atoms with E-state index in [4.69, 9.17) is 28.3 Å². The number of thioether (sulfide) groups is 1. The molecule has 0 saturated carbocycles. The van der Waals surface area contributed by atoms with Gasteiger partial charge in [0, 0.05) is 11.6 Å². The quantitative estimate of drug-likeness (QED) is 0.570. The Hall–Kier alpha value is -0.920. The second-order valence-corrected chi connectivity index (χ2v) is 5.62. The third-order valence-electron chi connectivity index (χ3n) is 2.85. The fourth-order valence-corrected chi connectivity index (χ4v) is 3.75. The summed E-state index contributed by atoms with van der Waals surface area (Å²) >= 11 is 12.4. The maximum Gasteiger partial charge on any atom is 0.352 e. The van der Waals surface area contributed by atoms with Crippen molar-refractivity contribution >= 4 is 52.7 Å². The molecule has 2 atom stereocenters. The average Bonchev–Trinajstić information content (AvgIpc) is 2.42. The van der Waals surface area contributed by atoms with Gasteiger partial charge in [0.1, 0.15) is 23.0 Å². The lowest BCUT2D eigenvalue weighted by Crippen LogP contribution is -2.70. The molecule has 2 amide bonds. The predicted octanol–water partition coefficient (Wildman–Crippen LogP) is 0.203. The fourth-order valence-electron chi connectivity index (χ4n) is 2.00. The summed E-state index contributed by atoms with van der Waals surface area (Å²) in [5.74, 6) is -1.84. The van der Waals surface area contributed by atoms with Crippen molar-refractivity contribution in [2.75, 3.05) is 17.5 Å². The Morgan fingerprint density at radius 1 is 1.47 bits per heavy atom. The molecule has 2 rings (SSSR count). The molecule has 6 nitrogen and oxygen atoms in total. The van der Waals surface area contributed by atoms with Gasteiger partial charge < -0.3 is 10.4 Å². The maximum absolute atomic E-state index is 11.9. The van der Waals surface area contributed by atoms with Gasteiger partial charge in [0.15, 0.2) is 0 Å². The summed E-state index contributed by atoms with van der Waals surface area (Å²) in [5, 5.41) is 11.2. The number of carboxylic acids is 1. The van der Waals surface area contributed by atoms with E-state index in [1.807, 2.05) is 0 Å². The Kier molecular flexibility index (Phi) is 4.27. The van der Waals surface area contributed by atoms with Gasteiger partial charge in [-0.15, -0.1) is 35.0 Å². The van der Waals surface area contributed by atoms with Gasteiger partial charge >= 0.3 is 5.97 Å². The molecular formula is C10H10Cl2N2O4S. The number of β-lactam (4-membered cyclic amide) rings is 1. The van der Waals surface area contributed by atoms with Gasteiger partial charge in [0.2, 0.25) is 5.91 Å². The highest BCUT2D eigenvalue weighted by molar-refractivity contribution is 8.00. The van der Waals surface area contributed by atoms with Crippen LogP contribution in [0.15, 0.2) is 11.3 Å². The Labute approximate surface area is 123 Å². The second kappa shape index (κ2) is 5.60. The summed E-state index contributed by atoms with van der Waals surface area (Å²) in [5.41, 5.74) is 0.436. The van der Waals surface area contributed by atoms with Crippen molar-refractivity contribution in [3.63, 3.8) is 0 Å². The highest BCUT2D eigenvalue weighted by Gasteiger charge is 2.53. The molecule has 1 saturated heterocycles. The van der Waals surface area contributed by atoms with E-state index in [1.54, 1.807) is 0 Å². The second-order valence-electron chi connectivity index (χ2n) is 3.98. The van der Waals surface area contributed by atoms with Crippen LogP contribution in [0.4, 0.5) is 0 Å². The number of amides is 2. The Morgan fingerprint density at radius 3 is 2.68 bits per heavy atom. The zero-order valence-corrected chi connectivity index (χ0v) is 11.9. The molecular weight excluding hydrogens is 315 g/mol. The number of aliphatic carboxylic acids is 1. The van der Waals surface area contributed by atoms with Crippen LogP contribution in [0.3, 0.4) is 0 Å². The summed E-state index contributed by atoms with van der Waals surface area (Å²) in [7, 11) is 0. The van der Waals surface area contributed by atoms with E-state index in [1.165, 1.54) is 16.7 Å². The van der Waals surface area contributed by atoms with Gasteiger partial charge in [-0.2, -0.15) is 0 Å². The van der Waals surface area contributed by atoms with Crippen LogP contribution in [0.25, 0.3) is 0 Å². The zero-order chi connectivity index (χ0) is 14.2. The standard InChI is InChI=1S/C10H10Cl2N2O4S/c11-1-4-3-19-9-6(13-5(15)2-12)8(16)14(9)7(4)10(17)18/h6,9H,1-3H2,(H,13,15)(H,17,18). The number of halogens is 2. The molecule has 0 radical (unpaired) electrons. The van der Waals surface area contributed by atoms with E-state index in [-0.39, 0.29) is 17.5 Å². The van der Waals surface area contributed by atoms with E-state index < -0.39 is 29.2 Å². The van der Waals surface area contributed by atoms with Crippen molar-refractivity contribution in [2.45, 2.75) is 11.4 Å². The van der Waals surface area contributed by atoms with Crippen LogP contribution in [-0.4, -0.2) is 56.7 Å². The fraction of sp³-hybridized carbons (Fsp3) is 0.500. The molecule has 2 heterocycles. The minimum absolute atomic E-state index is 0.0594. The number of hydrogen-bond acceptors (Lipinski definition) is 4. The van der Waals surface area contributed by atoms with Crippen molar-refractivity contribution in [3.8, 4) is 0 Å². The first kappa shape index (κ1) is 14.5. The Bertz CT molecular complexity index is 482. The largest absolute Gasteiger partial charge is 0.477 e. The molecule has 0 spiro atoms. The van der Waals surface area contributed by atoms with E-state index in [9.17, 15) is 14.4 Å². The Balaban J connectivity index is 2.21. The summed E-state index contributed by atoms with van der Waals surface area (Å²) in [4.78, 5) is 35.5. The van der Waals surface area contributed by atoms with Crippen LogP contribution < -0.4 is 5.32 Å². The van der Waals surface area contributed by atoms with Gasteiger partial charge in [-0.3, -0.25) is 14.5 Å². The van der Waals surface area contributed by atoms with Crippen molar-refractivity contribution in [1.82, 2.24) is 10.2 Å². The van der Waals surface area contributed by atoms with Gasteiger partial charge in [-0.25, -0.2) is 4.79 Å². The smallest absolute Gasteiger partial charge is 0.352 e. The van der Waals surface area contributed by atoms with Crippen LogP contribution in [0.1, 0.15) is 0 Å². The van der Waals surface area contributed by atoms with Crippen molar-refractivity contribution < 1.29 is 19.5 Å². The first-order valence-corrected chi connectivity index (χ1v) is 7.44. The molecule has 0 aromatic carbocycles. The maximum atomic E-state index is 11.9. The van der Waals surface area contributed by atoms with Gasteiger partial charge in [-0.05, 0) is 5.57 Å². The number of hydrogen-bond donors (Lipinski definition) is 2. The van der Waals surface area contributed by atoms with Crippen LogP contribution >= 0.6 is 35.0 Å². The third-order valence-corrected chi connectivity index (χ3v) is 4.75. The van der Waals surface area contributed by atoms with Crippen molar-refractivity contribution in [2.24, 2.45) is 0 Å². The lowest BCUT2D eigenvalue weighted by Gasteiger charge is -2.49. The molecule has 0 aromatic heterocycles. The lowest BCUT2D eigenvalue weighted by molar-refractivity contribution is -0.150. The lowest BCUT2D eigenvalue weighted by atomic mass is 10.0. The molecule has 0 aliphatic carbocycles. The SMILES string of the molecule is O=C(CCl)NC1C(=O)N2C(C(=O)O)=C(CCl)CSC12. The van der Waals surface area contributed by atoms with Gasteiger partial charge in [-0.1, -0.05) is 0 Å². The van der Waals surface area contributed by atoms with Crippen molar-refractivity contribution in [3.05, 3.63) is 11.3 Å². The molecule has 19 heavy (non-hydrogen) atoms. The number of carboxylic acid groups (broad SMARTS) is 1. The molecule has 0 bridgehead atoms. The van der Waals surface area contributed by atoms with E-state index in [0.29, 0.717) is 11.3 Å². The average molecular weight is 325 g/mol. The highest BCUT2D eigenvalue weighted by atomic mass is 35.5. The van der Waals surface area contributed by atoms with E-state index >= 15 is 0 Å². The molecule has 2 aliphatic rings. The molecule has 9 heteroatoms. The zero-order valence-electron chi connectivity index (χ0n) is 9.56. The highest BCUT2D eigenvalue weighted by Crippen LogP contribution is 2.40. The van der Waals surface area contributed by atoms with E-state index in [0.717, 1.165) is 0 Å². The first-order valence-electron chi connectivity index (χ1n) is 5.32. The summed E-state index contributed by atoms with van der Waals surface area (Å²) in [6.07, 6.45) is 0. The van der Waals surface area contributed by atoms with E-state index in [2.05, 4.69) is 5.32 Å². The number of carbonyl (C=O) groups is 3. The minimum atomic E-state index is -1.18. The topological polar surface area (TPSA) is 86.7 Å². The monoisotopic (exact) mass is 324 g/mol. The first-order chi connectivity index (χ1) is 9.01. The number of rotatable bonds is 4. The number of carbonyl (C=O) groups excluding carboxylic acids is 2. The molecule has 0 aromatic rings. The molecule has 104 valence electrons. The van der Waals surface area contributed by atoms with Crippen LogP contribution in [0.2, 0.25) is 0 Å². The van der Waals surface area contributed by atoms with Crippen LogP contribution in [0.5, 0.6) is 0 Å². The molecule has 2 unspecified atom stereocenters. The summed E-state index contributed by atoms with van der Waals surface area (Å²) in [6, 6.07) is -0.720. The van der Waals surface area contributed by atoms with Gasteiger partial charge in [0.05, 0.1) is 0 Å². The normalized spacial score (nSPS) is 25.8. The Morgan fingerprint density at radius 2 is 2.16 bits per heavy atom. The number of fused-ring (bicyclic) bond motifs is 1. The van der Waals surface area contributed by atoms with Gasteiger partial charge in [0.25, 0.3) is 5.91 Å². The summed E-state index contributed by atoms with van der Waals surface area (Å²) in [6.45, 7) is 0. The van der Waals surface area contributed by atoms with Crippen LogP contribution in [0, 0.1) is 0 Å².